The van der Waals surface area contributed by atoms with Gasteiger partial charge in [-0.3, -0.25) is 0 Å². The van der Waals surface area contributed by atoms with Crippen molar-refractivity contribution in [3.8, 4) is 0 Å². The van der Waals surface area contributed by atoms with E-state index in [1.807, 2.05) is 4.90 Å². The lowest BCUT2D eigenvalue weighted by Crippen LogP contribution is -2.33. The van der Waals surface area contributed by atoms with Crippen LogP contribution in [-0.2, 0) is 4.74 Å². The molecular formula is C41H75NO3. The predicted octanol–water partition coefficient (Wildman–Crippen LogP) is 12.8. The van der Waals surface area contributed by atoms with Crippen molar-refractivity contribution in [2.45, 2.75) is 181 Å². The lowest BCUT2D eigenvalue weighted by Gasteiger charge is -2.22. The lowest BCUT2D eigenvalue weighted by molar-refractivity contribution is 0.0974. The Morgan fingerprint density at radius 1 is 0.489 bits per heavy atom. The van der Waals surface area contributed by atoms with Crippen molar-refractivity contribution >= 4 is 6.09 Å². The molecule has 0 aromatic carbocycles. The lowest BCUT2D eigenvalue weighted by atomic mass is 10.1. The largest absolute Gasteiger partial charge is 0.449 e. The average molecular weight is 630 g/mol. The molecule has 0 aliphatic heterocycles. The first kappa shape index (κ1) is 43.2. The molecule has 4 nitrogen and oxygen atoms in total. The van der Waals surface area contributed by atoms with E-state index in [9.17, 15) is 4.79 Å². The molecule has 0 rings (SSSR count). The van der Waals surface area contributed by atoms with Crippen LogP contribution in [0.15, 0.2) is 48.6 Å². The van der Waals surface area contributed by atoms with Gasteiger partial charge in [0.2, 0.25) is 0 Å². The van der Waals surface area contributed by atoms with E-state index >= 15 is 0 Å². The van der Waals surface area contributed by atoms with Crippen LogP contribution in [0.3, 0.4) is 0 Å². The van der Waals surface area contributed by atoms with E-state index in [-0.39, 0.29) is 12.7 Å². The zero-order chi connectivity index (χ0) is 32.7. The third-order valence-corrected chi connectivity index (χ3v) is 8.29. The van der Waals surface area contributed by atoms with E-state index in [1.54, 1.807) is 0 Å². The molecule has 1 amide bonds. The Hall–Kier alpha value is -1.81. The Bertz CT molecular complexity index is 664. The highest BCUT2D eigenvalue weighted by molar-refractivity contribution is 5.67. The molecule has 0 bridgehead atoms. The fourth-order valence-electron chi connectivity index (χ4n) is 5.34. The summed E-state index contributed by atoms with van der Waals surface area (Å²) < 4.78 is 5.52. The number of carbonyl (C=O) groups excluding carboxylic acids is 1. The summed E-state index contributed by atoms with van der Waals surface area (Å²) in [5.41, 5.74) is 0. The first-order valence-electron chi connectivity index (χ1n) is 19.4. The van der Waals surface area contributed by atoms with Gasteiger partial charge < -0.3 is 14.7 Å². The van der Waals surface area contributed by atoms with Crippen molar-refractivity contribution in [3.63, 3.8) is 0 Å². The number of nitrogens with zero attached hydrogens (tertiary/aromatic N) is 1. The molecule has 0 unspecified atom stereocenters. The molecule has 4 heteroatoms. The number of hydrogen-bond donors (Lipinski definition) is 1. The van der Waals surface area contributed by atoms with Crippen molar-refractivity contribution in [2.24, 2.45) is 0 Å². The van der Waals surface area contributed by atoms with Crippen LogP contribution in [0, 0.1) is 0 Å². The van der Waals surface area contributed by atoms with Crippen molar-refractivity contribution in [2.75, 3.05) is 26.3 Å². The molecule has 0 atom stereocenters. The summed E-state index contributed by atoms with van der Waals surface area (Å²) in [7, 11) is 0. The SMILES string of the molecule is CCCCCC=CCC=CCCCCCCCCN(CCCCCCCCC=CCC=CCCCCC)C(=O)OCCCCO. The summed E-state index contributed by atoms with van der Waals surface area (Å²) in [5, 5.41) is 9.00. The first-order valence-corrected chi connectivity index (χ1v) is 19.4. The Balaban J connectivity index is 3.96. The van der Waals surface area contributed by atoms with Crippen LogP contribution < -0.4 is 0 Å². The number of aliphatic hydroxyl groups excluding tert-OH is 1. The van der Waals surface area contributed by atoms with Gasteiger partial charge in [0, 0.05) is 19.7 Å². The molecule has 0 radical (unpaired) electrons. The van der Waals surface area contributed by atoms with Gasteiger partial charge in [0.25, 0.3) is 0 Å². The van der Waals surface area contributed by atoms with Crippen molar-refractivity contribution < 1.29 is 14.6 Å². The highest BCUT2D eigenvalue weighted by Gasteiger charge is 2.14. The van der Waals surface area contributed by atoms with Crippen LogP contribution in [0.4, 0.5) is 4.79 Å². The van der Waals surface area contributed by atoms with Gasteiger partial charge in [0.15, 0.2) is 0 Å². The monoisotopic (exact) mass is 630 g/mol. The highest BCUT2D eigenvalue weighted by atomic mass is 16.6. The first-order chi connectivity index (χ1) is 22.3. The maximum atomic E-state index is 12.7. The van der Waals surface area contributed by atoms with Crippen LogP contribution in [0.25, 0.3) is 0 Å². The van der Waals surface area contributed by atoms with Crippen LogP contribution >= 0.6 is 0 Å². The standard InChI is InChI=1S/C41H75NO3/c1-3-5-7-9-11-13-15-17-19-21-23-25-27-29-31-33-37-42(41(44)45-40-36-35-39-43)38-34-32-30-28-26-24-22-20-18-16-14-12-10-8-6-4-2/h11-14,17-20,43H,3-10,15-16,21-40H2,1-2H3. The van der Waals surface area contributed by atoms with Gasteiger partial charge in [0.1, 0.15) is 0 Å². The average Bonchev–Trinajstić information content (AvgIpc) is 3.05. The molecular weight excluding hydrogens is 554 g/mol. The number of allylic oxidation sites excluding steroid dienone is 8. The fourth-order valence-corrected chi connectivity index (χ4v) is 5.34. The van der Waals surface area contributed by atoms with Crippen molar-refractivity contribution in [3.05, 3.63) is 48.6 Å². The smallest absolute Gasteiger partial charge is 0.409 e. The Morgan fingerprint density at radius 3 is 1.27 bits per heavy atom. The summed E-state index contributed by atoms with van der Waals surface area (Å²) in [4.78, 5) is 14.6. The van der Waals surface area contributed by atoms with Gasteiger partial charge in [-0.15, -0.1) is 0 Å². The zero-order valence-electron chi connectivity index (χ0n) is 30.0. The minimum Gasteiger partial charge on any atom is -0.449 e. The Morgan fingerprint density at radius 2 is 0.867 bits per heavy atom. The van der Waals surface area contributed by atoms with Gasteiger partial charge in [-0.05, 0) is 89.9 Å². The molecule has 1 N–H and O–H groups in total. The summed E-state index contributed by atoms with van der Waals surface area (Å²) in [5.74, 6) is 0. The molecule has 45 heavy (non-hydrogen) atoms. The number of rotatable bonds is 34. The van der Waals surface area contributed by atoms with E-state index in [4.69, 9.17) is 9.84 Å². The maximum absolute atomic E-state index is 12.7. The van der Waals surface area contributed by atoms with Crippen LogP contribution in [-0.4, -0.2) is 42.4 Å². The summed E-state index contributed by atoms with van der Waals surface area (Å²) in [6.07, 6.45) is 49.3. The number of hydrogen-bond acceptors (Lipinski definition) is 3. The topological polar surface area (TPSA) is 49.8 Å². The predicted molar refractivity (Wildman–Crippen MR) is 198 cm³/mol. The summed E-state index contributed by atoms with van der Waals surface area (Å²) >= 11 is 0. The van der Waals surface area contributed by atoms with Crippen LogP contribution in [0.2, 0.25) is 0 Å². The van der Waals surface area contributed by atoms with E-state index in [0.29, 0.717) is 13.0 Å². The van der Waals surface area contributed by atoms with Gasteiger partial charge >= 0.3 is 6.09 Å². The zero-order valence-corrected chi connectivity index (χ0v) is 30.0. The third kappa shape index (κ3) is 34.9. The van der Waals surface area contributed by atoms with E-state index in [1.165, 1.54) is 128 Å². The van der Waals surface area contributed by atoms with Crippen molar-refractivity contribution in [1.29, 1.82) is 0 Å². The van der Waals surface area contributed by atoms with Gasteiger partial charge in [-0.2, -0.15) is 0 Å². The van der Waals surface area contributed by atoms with Crippen molar-refractivity contribution in [1.82, 2.24) is 4.90 Å². The normalized spacial score (nSPS) is 12.1. The highest BCUT2D eigenvalue weighted by Crippen LogP contribution is 2.12. The molecule has 0 spiro atoms. The molecule has 0 saturated carbocycles. The second-order valence-corrected chi connectivity index (χ2v) is 12.7. The summed E-state index contributed by atoms with van der Waals surface area (Å²) in [6.45, 7) is 6.67. The fraction of sp³-hybridized carbons (Fsp3) is 0.780. The molecule has 0 aliphatic carbocycles. The van der Waals surface area contributed by atoms with Crippen LogP contribution in [0.5, 0.6) is 0 Å². The van der Waals surface area contributed by atoms with Gasteiger partial charge in [0.05, 0.1) is 6.61 Å². The van der Waals surface area contributed by atoms with Gasteiger partial charge in [-0.1, -0.05) is 140 Å². The Kier molecular flexibility index (Phi) is 36.8. The molecule has 0 aromatic heterocycles. The molecule has 0 heterocycles. The number of aliphatic hydroxyl groups is 1. The van der Waals surface area contributed by atoms with Gasteiger partial charge in [-0.25, -0.2) is 4.79 Å². The number of carbonyl (C=O) groups is 1. The van der Waals surface area contributed by atoms with E-state index < -0.39 is 0 Å². The second-order valence-electron chi connectivity index (χ2n) is 12.7. The summed E-state index contributed by atoms with van der Waals surface area (Å²) in [6, 6.07) is 0. The van der Waals surface area contributed by atoms with E-state index in [0.717, 1.165) is 45.2 Å². The molecule has 0 aliphatic rings. The third-order valence-electron chi connectivity index (χ3n) is 8.29. The number of amides is 1. The maximum Gasteiger partial charge on any atom is 0.409 e. The molecule has 0 fully saturated rings. The van der Waals surface area contributed by atoms with Crippen LogP contribution in [0.1, 0.15) is 181 Å². The molecule has 0 saturated heterocycles. The second kappa shape index (κ2) is 38.4. The molecule has 262 valence electrons. The Labute approximate surface area is 280 Å². The number of ether oxygens (including phenoxy) is 1. The quantitative estimate of drug-likeness (QED) is 0.0569. The molecule has 0 aromatic rings. The van der Waals surface area contributed by atoms with E-state index in [2.05, 4.69) is 62.5 Å². The minimum atomic E-state index is -0.168. The number of unbranched alkanes of at least 4 members (excludes halogenated alkanes) is 19. The minimum absolute atomic E-state index is 0.154.